The van der Waals surface area contributed by atoms with E-state index in [4.69, 9.17) is 4.42 Å². The van der Waals surface area contributed by atoms with E-state index in [2.05, 4.69) is 13.8 Å². The summed E-state index contributed by atoms with van der Waals surface area (Å²) in [6, 6.07) is 1.90. The Balaban J connectivity index is 2.47. The quantitative estimate of drug-likeness (QED) is 0.312. The smallest absolute Gasteiger partial charge is 0.289 e. The van der Waals surface area contributed by atoms with Gasteiger partial charge in [0, 0.05) is 13.1 Å². The SMILES string of the molecule is CCCCCCCCN(CCCCCCCC)C(=O)c1cc(C)c(C)o1. The molecule has 0 aliphatic carbocycles. The topological polar surface area (TPSA) is 33.5 Å². The van der Waals surface area contributed by atoms with E-state index in [1.54, 1.807) is 0 Å². The predicted octanol–water partition coefficient (Wildman–Crippen LogP) is 7.06. The van der Waals surface area contributed by atoms with Gasteiger partial charge in [-0.3, -0.25) is 4.79 Å². The van der Waals surface area contributed by atoms with Gasteiger partial charge in [-0.25, -0.2) is 0 Å². The lowest BCUT2D eigenvalue weighted by molar-refractivity contribution is 0.0715. The zero-order valence-electron chi connectivity index (χ0n) is 17.7. The van der Waals surface area contributed by atoms with Crippen LogP contribution in [0, 0.1) is 13.8 Å². The molecule has 0 N–H and O–H groups in total. The molecule has 0 radical (unpaired) electrons. The molecule has 0 saturated heterocycles. The highest BCUT2D eigenvalue weighted by atomic mass is 16.4. The number of aryl methyl sites for hydroxylation is 2. The third kappa shape index (κ3) is 8.91. The van der Waals surface area contributed by atoms with Crippen LogP contribution in [-0.2, 0) is 0 Å². The number of nitrogens with zero attached hydrogens (tertiary/aromatic N) is 1. The van der Waals surface area contributed by atoms with Crippen LogP contribution in [0.5, 0.6) is 0 Å². The van der Waals surface area contributed by atoms with Gasteiger partial charge >= 0.3 is 0 Å². The van der Waals surface area contributed by atoms with Crippen LogP contribution in [0.4, 0.5) is 0 Å². The minimum absolute atomic E-state index is 0.0725. The molecular formula is C23H41NO2. The third-order valence-electron chi connectivity index (χ3n) is 5.23. The largest absolute Gasteiger partial charge is 0.456 e. The second-order valence-electron chi connectivity index (χ2n) is 7.68. The summed E-state index contributed by atoms with van der Waals surface area (Å²) in [5, 5.41) is 0. The number of amides is 1. The van der Waals surface area contributed by atoms with Crippen LogP contribution in [0.2, 0.25) is 0 Å². The van der Waals surface area contributed by atoms with Gasteiger partial charge in [0.15, 0.2) is 5.76 Å². The molecule has 1 amide bonds. The minimum Gasteiger partial charge on any atom is -0.456 e. The molecule has 0 fully saturated rings. The molecule has 0 spiro atoms. The Hall–Kier alpha value is -1.25. The number of hydrogen-bond donors (Lipinski definition) is 0. The number of unbranched alkanes of at least 4 members (excludes halogenated alkanes) is 10. The number of rotatable bonds is 15. The van der Waals surface area contributed by atoms with Gasteiger partial charge < -0.3 is 9.32 Å². The molecule has 0 unspecified atom stereocenters. The van der Waals surface area contributed by atoms with Gasteiger partial charge in [-0.05, 0) is 38.3 Å². The fourth-order valence-corrected chi connectivity index (χ4v) is 3.32. The van der Waals surface area contributed by atoms with E-state index >= 15 is 0 Å². The summed E-state index contributed by atoms with van der Waals surface area (Å²) >= 11 is 0. The van der Waals surface area contributed by atoms with E-state index < -0.39 is 0 Å². The Morgan fingerprint density at radius 3 is 1.69 bits per heavy atom. The molecule has 0 aromatic carbocycles. The number of hydrogen-bond acceptors (Lipinski definition) is 2. The normalized spacial score (nSPS) is 11.1. The standard InChI is InChI=1S/C23H41NO2/c1-5-7-9-11-13-15-17-24(18-16-14-12-10-8-6-2)23(25)22-19-20(3)21(4)26-22/h19H,5-18H2,1-4H3. The first-order valence-corrected chi connectivity index (χ1v) is 11.0. The lowest BCUT2D eigenvalue weighted by atomic mass is 10.1. The van der Waals surface area contributed by atoms with Crippen molar-refractivity contribution in [1.82, 2.24) is 4.90 Å². The summed E-state index contributed by atoms with van der Waals surface area (Å²) in [6.07, 6.45) is 15.0. The summed E-state index contributed by atoms with van der Waals surface area (Å²) in [5.74, 6) is 1.44. The van der Waals surface area contributed by atoms with Crippen LogP contribution >= 0.6 is 0 Å². The van der Waals surface area contributed by atoms with E-state index in [0.29, 0.717) is 5.76 Å². The zero-order valence-corrected chi connectivity index (χ0v) is 17.7. The molecule has 0 saturated carbocycles. The van der Waals surface area contributed by atoms with Crippen LogP contribution in [0.15, 0.2) is 10.5 Å². The first-order valence-electron chi connectivity index (χ1n) is 11.0. The maximum absolute atomic E-state index is 12.9. The highest BCUT2D eigenvalue weighted by molar-refractivity contribution is 5.91. The summed E-state index contributed by atoms with van der Waals surface area (Å²) in [5.41, 5.74) is 1.06. The van der Waals surface area contributed by atoms with Gasteiger partial charge in [0.25, 0.3) is 5.91 Å². The van der Waals surface area contributed by atoms with Crippen LogP contribution in [-0.4, -0.2) is 23.9 Å². The fraction of sp³-hybridized carbons (Fsp3) is 0.783. The average Bonchev–Trinajstić information content (AvgIpc) is 2.97. The molecule has 0 aliphatic heterocycles. The Labute approximate surface area is 161 Å². The van der Waals surface area contributed by atoms with E-state index in [9.17, 15) is 4.79 Å². The number of carbonyl (C=O) groups is 1. The summed E-state index contributed by atoms with van der Waals surface area (Å²) < 4.78 is 5.68. The van der Waals surface area contributed by atoms with Crippen LogP contribution in [0.25, 0.3) is 0 Å². The molecular weight excluding hydrogens is 322 g/mol. The third-order valence-corrected chi connectivity index (χ3v) is 5.23. The van der Waals surface area contributed by atoms with E-state index in [1.165, 1.54) is 64.2 Å². The highest BCUT2D eigenvalue weighted by Crippen LogP contribution is 2.17. The molecule has 1 aromatic rings. The zero-order chi connectivity index (χ0) is 19.2. The van der Waals surface area contributed by atoms with E-state index in [0.717, 1.165) is 37.3 Å². The maximum Gasteiger partial charge on any atom is 0.289 e. The Morgan fingerprint density at radius 2 is 1.27 bits per heavy atom. The maximum atomic E-state index is 12.9. The summed E-state index contributed by atoms with van der Waals surface area (Å²) in [6.45, 7) is 10.1. The van der Waals surface area contributed by atoms with Crippen molar-refractivity contribution in [2.45, 2.75) is 105 Å². The molecule has 150 valence electrons. The summed E-state index contributed by atoms with van der Waals surface area (Å²) in [7, 11) is 0. The molecule has 0 bridgehead atoms. The van der Waals surface area contributed by atoms with Crippen LogP contribution in [0.1, 0.15) is 113 Å². The minimum atomic E-state index is 0.0725. The predicted molar refractivity (Wildman–Crippen MR) is 111 cm³/mol. The monoisotopic (exact) mass is 363 g/mol. The van der Waals surface area contributed by atoms with Crippen molar-refractivity contribution in [2.75, 3.05) is 13.1 Å². The van der Waals surface area contributed by atoms with Crippen molar-refractivity contribution in [3.8, 4) is 0 Å². The van der Waals surface area contributed by atoms with Crippen molar-refractivity contribution in [3.63, 3.8) is 0 Å². The second-order valence-corrected chi connectivity index (χ2v) is 7.68. The fourth-order valence-electron chi connectivity index (χ4n) is 3.32. The van der Waals surface area contributed by atoms with Gasteiger partial charge in [0.05, 0.1) is 0 Å². The van der Waals surface area contributed by atoms with Gasteiger partial charge in [-0.2, -0.15) is 0 Å². The van der Waals surface area contributed by atoms with E-state index in [1.807, 2.05) is 24.8 Å². The first kappa shape index (κ1) is 22.8. The molecule has 1 heterocycles. The number of furan rings is 1. The van der Waals surface area contributed by atoms with Gasteiger partial charge in [0.1, 0.15) is 5.76 Å². The van der Waals surface area contributed by atoms with Crippen molar-refractivity contribution >= 4 is 5.91 Å². The molecule has 0 aliphatic rings. The first-order chi connectivity index (χ1) is 12.6. The molecule has 0 atom stereocenters. The van der Waals surface area contributed by atoms with Gasteiger partial charge in [-0.1, -0.05) is 78.1 Å². The van der Waals surface area contributed by atoms with Gasteiger partial charge in [0.2, 0.25) is 0 Å². The summed E-state index contributed by atoms with van der Waals surface area (Å²) in [4.78, 5) is 14.9. The van der Waals surface area contributed by atoms with Crippen molar-refractivity contribution in [2.24, 2.45) is 0 Å². The molecule has 26 heavy (non-hydrogen) atoms. The van der Waals surface area contributed by atoms with Crippen LogP contribution in [0.3, 0.4) is 0 Å². The molecule has 3 nitrogen and oxygen atoms in total. The Bertz CT molecular complexity index is 457. The van der Waals surface area contributed by atoms with Crippen LogP contribution < -0.4 is 0 Å². The lowest BCUT2D eigenvalue weighted by Gasteiger charge is -2.22. The second kappa shape index (κ2) is 13.9. The van der Waals surface area contributed by atoms with Crippen molar-refractivity contribution < 1.29 is 9.21 Å². The highest BCUT2D eigenvalue weighted by Gasteiger charge is 2.19. The molecule has 1 aromatic heterocycles. The van der Waals surface area contributed by atoms with E-state index in [-0.39, 0.29) is 5.91 Å². The Kier molecular flexibility index (Phi) is 12.2. The van der Waals surface area contributed by atoms with Gasteiger partial charge in [-0.15, -0.1) is 0 Å². The number of carbonyl (C=O) groups excluding carboxylic acids is 1. The lowest BCUT2D eigenvalue weighted by Crippen LogP contribution is -2.32. The average molecular weight is 364 g/mol. The Morgan fingerprint density at radius 1 is 0.808 bits per heavy atom. The molecule has 3 heteroatoms. The molecule has 1 rings (SSSR count). The van der Waals surface area contributed by atoms with Crippen molar-refractivity contribution in [1.29, 1.82) is 0 Å². The van der Waals surface area contributed by atoms with Crippen molar-refractivity contribution in [3.05, 3.63) is 23.2 Å².